The Morgan fingerprint density at radius 3 is 2.79 bits per heavy atom. The maximum Gasteiger partial charge on any atom is 0.268 e. The van der Waals surface area contributed by atoms with Crippen LogP contribution in [-0.4, -0.2) is 52.1 Å². The molecule has 0 radical (unpaired) electrons. The first kappa shape index (κ1) is 23.4. The van der Waals surface area contributed by atoms with Gasteiger partial charge in [-0.15, -0.1) is 0 Å². The van der Waals surface area contributed by atoms with Crippen molar-refractivity contribution >= 4 is 29.3 Å². The molecule has 1 aromatic rings. The molecule has 0 bridgehead atoms. The lowest BCUT2D eigenvalue weighted by molar-refractivity contribution is -0.135. The van der Waals surface area contributed by atoms with E-state index in [9.17, 15) is 23.2 Å². The largest absolute Gasteiger partial charge is 0.344 e. The molecule has 3 amide bonds. The van der Waals surface area contributed by atoms with E-state index in [4.69, 9.17) is 16.9 Å². The highest BCUT2D eigenvalue weighted by Crippen LogP contribution is 2.34. The second-order valence-electron chi connectivity index (χ2n) is 9.07. The zero-order valence-electron chi connectivity index (χ0n) is 18.2. The lowest BCUT2D eigenvalue weighted by Gasteiger charge is -2.22. The number of hydrogen-bond donors (Lipinski definition) is 1. The van der Waals surface area contributed by atoms with Crippen molar-refractivity contribution in [3.05, 3.63) is 33.8 Å². The summed E-state index contributed by atoms with van der Waals surface area (Å²) >= 11 is 6.23. The van der Waals surface area contributed by atoms with Gasteiger partial charge in [0.1, 0.15) is 12.1 Å². The highest BCUT2D eigenvalue weighted by Gasteiger charge is 2.50. The van der Waals surface area contributed by atoms with Gasteiger partial charge in [0, 0.05) is 36.9 Å². The molecule has 0 aliphatic carbocycles. The number of aryl methyl sites for hydroxylation is 1. The van der Waals surface area contributed by atoms with Crippen LogP contribution in [0.25, 0.3) is 0 Å². The van der Waals surface area contributed by atoms with E-state index in [1.807, 2.05) is 12.1 Å². The second kappa shape index (κ2) is 8.90. The van der Waals surface area contributed by atoms with E-state index in [1.165, 1.54) is 0 Å². The van der Waals surface area contributed by atoms with Crippen molar-refractivity contribution < 1.29 is 23.2 Å². The van der Waals surface area contributed by atoms with Crippen LogP contribution in [0.15, 0.2) is 12.1 Å². The quantitative estimate of drug-likeness (QED) is 0.704. The van der Waals surface area contributed by atoms with Gasteiger partial charge in [-0.2, -0.15) is 5.26 Å². The molecule has 1 aromatic carbocycles. The van der Waals surface area contributed by atoms with Crippen LogP contribution in [0.1, 0.15) is 49.3 Å². The van der Waals surface area contributed by atoms with Gasteiger partial charge in [0.15, 0.2) is 0 Å². The number of hydrogen-bond acceptors (Lipinski definition) is 4. The third kappa shape index (κ3) is 4.67. The van der Waals surface area contributed by atoms with Gasteiger partial charge in [0.25, 0.3) is 5.92 Å². The Hall–Kier alpha value is -2.73. The standard InChI is InChI=1S/C23H25ClF2N4O3/c1-2-3-13-4-16(24)5-15-10-29(11-18(13)15)20(31)7-14-6-19(28-21(14)32)22(33)30-12-23(25,26)8-17(30)9-27/h4-5,14,17,19H,2-3,6-8,10-12H2,1H3,(H,28,32)/t14-,17-,19-/m0/s1. The van der Waals surface area contributed by atoms with E-state index in [-0.39, 0.29) is 18.7 Å². The Morgan fingerprint density at radius 2 is 2.09 bits per heavy atom. The minimum absolute atomic E-state index is 0.0390. The predicted octanol–water partition coefficient (Wildman–Crippen LogP) is 2.79. The molecule has 0 spiro atoms. The first-order valence-electron chi connectivity index (χ1n) is 11.1. The van der Waals surface area contributed by atoms with Gasteiger partial charge in [0.05, 0.1) is 12.6 Å². The number of carbonyl (C=O) groups is 3. The van der Waals surface area contributed by atoms with E-state index in [1.54, 1.807) is 11.0 Å². The van der Waals surface area contributed by atoms with Gasteiger partial charge >= 0.3 is 0 Å². The van der Waals surface area contributed by atoms with Crippen LogP contribution < -0.4 is 5.32 Å². The minimum Gasteiger partial charge on any atom is -0.344 e. The van der Waals surface area contributed by atoms with Crippen molar-refractivity contribution in [2.75, 3.05) is 6.54 Å². The highest BCUT2D eigenvalue weighted by molar-refractivity contribution is 6.30. The number of amides is 3. The molecule has 0 aromatic heterocycles. The second-order valence-corrected chi connectivity index (χ2v) is 9.51. The number of rotatable bonds is 5. The average molecular weight is 479 g/mol. The molecule has 3 heterocycles. The van der Waals surface area contributed by atoms with Crippen molar-refractivity contribution in [3.8, 4) is 6.07 Å². The smallest absolute Gasteiger partial charge is 0.268 e. The predicted molar refractivity (Wildman–Crippen MR) is 115 cm³/mol. The maximum absolute atomic E-state index is 13.7. The lowest BCUT2D eigenvalue weighted by Crippen LogP contribution is -2.46. The molecular formula is C23H25ClF2N4O3. The van der Waals surface area contributed by atoms with Crippen LogP contribution in [0, 0.1) is 17.2 Å². The zero-order chi connectivity index (χ0) is 23.9. The number of nitriles is 1. The van der Waals surface area contributed by atoms with Crippen LogP contribution in [0.4, 0.5) is 8.78 Å². The fourth-order valence-electron chi connectivity index (χ4n) is 5.00. The third-order valence-electron chi connectivity index (χ3n) is 6.61. The summed E-state index contributed by atoms with van der Waals surface area (Å²) in [5.74, 6) is -5.21. The van der Waals surface area contributed by atoms with Gasteiger partial charge < -0.3 is 15.1 Å². The number of nitrogens with one attached hydrogen (secondary N) is 1. The molecule has 2 fully saturated rings. The van der Waals surface area contributed by atoms with E-state index in [0.29, 0.717) is 18.1 Å². The van der Waals surface area contributed by atoms with Crippen molar-refractivity contribution in [2.24, 2.45) is 5.92 Å². The number of halogens is 3. The summed E-state index contributed by atoms with van der Waals surface area (Å²) in [6.07, 6.45) is 1.07. The van der Waals surface area contributed by atoms with Crippen LogP contribution in [0.2, 0.25) is 5.02 Å². The van der Waals surface area contributed by atoms with Crippen LogP contribution in [0.3, 0.4) is 0 Å². The first-order valence-corrected chi connectivity index (χ1v) is 11.5. The Labute approximate surface area is 195 Å². The van der Waals surface area contributed by atoms with Crippen molar-refractivity contribution in [3.63, 3.8) is 0 Å². The van der Waals surface area contributed by atoms with E-state index in [0.717, 1.165) is 34.4 Å². The fraction of sp³-hybridized carbons (Fsp3) is 0.565. The lowest BCUT2D eigenvalue weighted by atomic mass is 9.99. The molecule has 4 rings (SSSR count). The number of benzene rings is 1. The molecule has 3 atom stereocenters. The summed E-state index contributed by atoms with van der Waals surface area (Å²) in [4.78, 5) is 40.7. The van der Waals surface area contributed by atoms with Gasteiger partial charge in [-0.1, -0.05) is 24.9 Å². The molecule has 3 aliphatic rings. The molecule has 176 valence electrons. The first-order chi connectivity index (χ1) is 15.6. The summed E-state index contributed by atoms with van der Waals surface area (Å²) < 4.78 is 27.4. The summed E-state index contributed by atoms with van der Waals surface area (Å²) in [7, 11) is 0. The molecule has 33 heavy (non-hydrogen) atoms. The number of alkyl halides is 2. The Balaban J connectivity index is 1.39. The SMILES string of the molecule is CCCc1cc(Cl)cc2c1CN(C(=O)C[C@@H]1C[C@@H](C(=O)N3CC(F)(F)C[C@H]3C#N)NC1=O)C2. The summed E-state index contributed by atoms with van der Waals surface area (Å²) in [5, 5.41) is 12.3. The zero-order valence-corrected chi connectivity index (χ0v) is 19.0. The number of nitrogens with zero attached hydrogens (tertiary/aromatic N) is 3. The molecule has 1 N–H and O–H groups in total. The molecule has 10 heteroatoms. The van der Waals surface area contributed by atoms with Crippen molar-refractivity contribution in [1.29, 1.82) is 5.26 Å². The summed E-state index contributed by atoms with van der Waals surface area (Å²) in [6, 6.07) is 3.29. The Bertz CT molecular complexity index is 1040. The third-order valence-corrected chi connectivity index (χ3v) is 6.83. The van der Waals surface area contributed by atoms with Gasteiger partial charge in [-0.3, -0.25) is 14.4 Å². The molecule has 3 aliphatic heterocycles. The summed E-state index contributed by atoms with van der Waals surface area (Å²) in [5.41, 5.74) is 3.21. The minimum atomic E-state index is -3.13. The number of carbonyl (C=O) groups excluding carboxylic acids is 3. The highest BCUT2D eigenvalue weighted by atomic mass is 35.5. The van der Waals surface area contributed by atoms with Crippen LogP contribution in [0.5, 0.6) is 0 Å². The van der Waals surface area contributed by atoms with Crippen LogP contribution in [-0.2, 0) is 33.9 Å². The molecule has 7 nitrogen and oxygen atoms in total. The normalized spacial score (nSPS) is 25.7. The summed E-state index contributed by atoms with van der Waals surface area (Å²) in [6.45, 7) is 2.09. The van der Waals surface area contributed by atoms with Crippen LogP contribution >= 0.6 is 11.6 Å². The topological polar surface area (TPSA) is 93.5 Å². The van der Waals surface area contributed by atoms with Gasteiger partial charge in [0.2, 0.25) is 17.7 Å². The van der Waals surface area contributed by atoms with Gasteiger partial charge in [-0.05, 0) is 41.7 Å². The van der Waals surface area contributed by atoms with Crippen molar-refractivity contribution in [2.45, 2.75) is 70.1 Å². The molecular weight excluding hydrogens is 454 g/mol. The van der Waals surface area contributed by atoms with E-state index < -0.39 is 48.7 Å². The van der Waals surface area contributed by atoms with E-state index >= 15 is 0 Å². The monoisotopic (exact) mass is 478 g/mol. The number of fused-ring (bicyclic) bond motifs is 1. The number of likely N-dealkylation sites (tertiary alicyclic amines) is 1. The van der Waals surface area contributed by atoms with Gasteiger partial charge in [-0.25, -0.2) is 8.78 Å². The average Bonchev–Trinajstić information content (AvgIpc) is 3.42. The Morgan fingerprint density at radius 1 is 1.33 bits per heavy atom. The molecule has 2 saturated heterocycles. The molecule has 0 unspecified atom stereocenters. The maximum atomic E-state index is 13.7. The van der Waals surface area contributed by atoms with E-state index in [2.05, 4.69) is 12.2 Å². The molecule has 0 saturated carbocycles. The fourth-order valence-corrected chi connectivity index (χ4v) is 5.27. The van der Waals surface area contributed by atoms with Crippen molar-refractivity contribution in [1.82, 2.24) is 15.1 Å². The Kier molecular flexibility index (Phi) is 6.32.